The van der Waals surface area contributed by atoms with Gasteiger partial charge in [0.1, 0.15) is 6.04 Å². The number of hydrogen-bond acceptors (Lipinski definition) is 8. The lowest BCUT2D eigenvalue weighted by Crippen LogP contribution is -2.47. The smallest absolute Gasteiger partial charge is 0.328 e. The summed E-state index contributed by atoms with van der Waals surface area (Å²) in [7, 11) is 1.30. The number of aliphatic hydroxyl groups is 1. The lowest BCUT2D eigenvalue weighted by atomic mass is 9.90. The number of nitrogens with one attached hydrogen (secondary N) is 2. The quantitative estimate of drug-likeness (QED) is 0.295. The third-order valence-corrected chi connectivity index (χ3v) is 8.16. The van der Waals surface area contributed by atoms with Gasteiger partial charge >= 0.3 is 12.0 Å². The number of carbonyl (C=O) groups is 2. The van der Waals surface area contributed by atoms with Crippen LogP contribution in [-0.2, 0) is 36.8 Å². The molecule has 5 unspecified atom stereocenters. The SMILES string of the molecule is COC(=O)C(Cc1ccccc1)NC(=O)Nc1cccc(C2OC(CN3CCOCC3)C(C)C(c3ccc(CO)cc3)O2)c1. The van der Waals surface area contributed by atoms with E-state index in [1.54, 1.807) is 6.07 Å². The maximum atomic E-state index is 13.0. The van der Waals surface area contributed by atoms with E-state index >= 15 is 0 Å². The maximum Gasteiger partial charge on any atom is 0.328 e. The summed E-state index contributed by atoms with van der Waals surface area (Å²) >= 11 is 0. The van der Waals surface area contributed by atoms with E-state index in [1.807, 2.05) is 72.8 Å². The van der Waals surface area contributed by atoms with E-state index < -0.39 is 24.3 Å². The van der Waals surface area contributed by atoms with Gasteiger partial charge in [0.2, 0.25) is 0 Å². The summed E-state index contributed by atoms with van der Waals surface area (Å²) < 4.78 is 23.6. The molecule has 2 heterocycles. The van der Waals surface area contributed by atoms with Gasteiger partial charge in [-0.15, -0.1) is 0 Å². The number of aliphatic hydroxyl groups excluding tert-OH is 1. The molecule has 0 radical (unpaired) electrons. The number of benzene rings is 3. The fourth-order valence-electron chi connectivity index (χ4n) is 5.64. The highest BCUT2D eigenvalue weighted by Gasteiger charge is 2.39. The number of nitrogens with zero attached hydrogens (tertiary/aromatic N) is 1. The van der Waals surface area contributed by atoms with Crippen molar-refractivity contribution in [3.05, 3.63) is 101 Å². The molecule has 3 N–H and O–H groups in total. The van der Waals surface area contributed by atoms with E-state index in [1.165, 1.54) is 7.11 Å². The van der Waals surface area contributed by atoms with Gasteiger partial charge in [-0.25, -0.2) is 9.59 Å². The summed E-state index contributed by atoms with van der Waals surface area (Å²) in [6, 6.07) is 23.2. The number of morpholine rings is 1. The normalized spacial score (nSPS) is 23.0. The highest BCUT2D eigenvalue weighted by atomic mass is 16.7. The Morgan fingerprint density at radius 2 is 1.70 bits per heavy atom. The second-order valence-corrected chi connectivity index (χ2v) is 11.2. The summed E-state index contributed by atoms with van der Waals surface area (Å²) in [4.78, 5) is 27.8. The van der Waals surface area contributed by atoms with Gasteiger partial charge in [-0.2, -0.15) is 0 Å². The van der Waals surface area contributed by atoms with Crippen LogP contribution < -0.4 is 10.6 Å². The van der Waals surface area contributed by atoms with Gasteiger partial charge in [0.25, 0.3) is 0 Å². The Hall–Kier alpha value is -3.80. The molecular formula is C34H41N3O7. The minimum atomic E-state index is -0.851. The molecule has 2 aliphatic heterocycles. The minimum absolute atomic E-state index is 0.0211. The van der Waals surface area contributed by atoms with Gasteiger partial charge in [-0.3, -0.25) is 4.90 Å². The summed E-state index contributed by atoms with van der Waals surface area (Å²) in [5, 5.41) is 15.1. The average Bonchev–Trinajstić information content (AvgIpc) is 3.06. The average molecular weight is 604 g/mol. The lowest BCUT2D eigenvalue weighted by molar-refractivity contribution is -0.277. The lowest BCUT2D eigenvalue weighted by Gasteiger charge is -2.43. The molecule has 0 aliphatic carbocycles. The molecule has 10 nitrogen and oxygen atoms in total. The number of methoxy groups -OCH3 is 1. The van der Waals surface area contributed by atoms with Crippen LogP contribution in [0.5, 0.6) is 0 Å². The van der Waals surface area contributed by atoms with Gasteiger partial charge in [-0.05, 0) is 28.8 Å². The third kappa shape index (κ3) is 8.22. The Kier molecular flexibility index (Phi) is 11.0. The van der Waals surface area contributed by atoms with E-state index in [9.17, 15) is 14.7 Å². The molecule has 234 valence electrons. The van der Waals surface area contributed by atoms with Crippen molar-refractivity contribution in [1.29, 1.82) is 0 Å². The molecule has 2 saturated heterocycles. The second-order valence-electron chi connectivity index (χ2n) is 11.2. The zero-order chi connectivity index (χ0) is 30.9. The van der Waals surface area contributed by atoms with Crippen LogP contribution in [0.1, 0.15) is 41.6 Å². The first-order chi connectivity index (χ1) is 21.4. The molecule has 3 aromatic carbocycles. The standard InChI is InChI=1S/C34H41N3O7/c1-23-30(21-37-15-17-42-18-16-37)43-33(44-31(23)26-13-11-25(22-38)12-14-26)27-9-6-10-28(20-27)35-34(40)36-29(32(39)41-2)19-24-7-4-3-5-8-24/h3-14,20,23,29-31,33,38H,15-19,21-22H2,1-2H3,(H2,35,36,40). The monoisotopic (exact) mass is 603 g/mol. The summed E-state index contributed by atoms with van der Waals surface area (Å²) in [5.41, 5.74) is 4.04. The van der Waals surface area contributed by atoms with E-state index in [-0.39, 0.29) is 24.7 Å². The van der Waals surface area contributed by atoms with Gasteiger partial charge in [0.05, 0.1) is 39.1 Å². The molecule has 2 amide bonds. The van der Waals surface area contributed by atoms with Crippen LogP contribution in [0.4, 0.5) is 10.5 Å². The molecule has 10 heteroatoms. The van der Waals surface area contributed by atoms with Crippen LogP contribution >= 0.6 is 0 Å². The number of esters is 1. The van der Waals surface area contributed by atoms with Gasteiger partial charge < -0.3 is 34.7 Å². The van der Waals surface area contributed by atoms with Crippen molar-refractivity contribution < 1.29 is 33.6 Å². The fourth-order valence-corrected chi connectivity index (χ4v) is 5.64. The van der Waals surface area contributed by atoms with Crippen molar-refractivity contribution >= 4 is 17.7 Å². The Morgan fingerprint density at radius 3 is 2.41 bits per heavy atom. The van der Waals surface area contributed by atoms with Crippen LogP contribution in [0.3, 0.4) is 0 Å². The van der Waals surface area contributed by atoms with Crippen LogP contribution in [0.2, 0.25) is 0 Å². The zero-order valence-corrected chi connectivity index (χ0v) is 25.2. The highest BCUT2D eigenvalue weighted by molar-refractivity contribution is 5.92. The van der Waals surface area contributed by atoms with Crippen LogP contribution in [-0.4, -0.2) is 74.1 Å². The van der Waals surface area contributed by atoms with Crippen molar-refractivity contribution in [3.8, 4) is 0 Å². The molecule has 0 bridgehead atoms. The molecule has 44 heavy (non-hydrogen) atoms. The topological polar surface area (TPSA) is 119 Å². The van der Waals surface area contributed by atoms with Gasteiger partial charge in [0, 0.05) is 43.2 Å². The van der Waals surface area contributed by atoms with E-state index in [0.29, 0.717) is 25.3 Å². The Balaban J connectivity index is 1.31. The first-order valence-corrected chi connectivity index (χ1v) is 15.0. The number of anilines is 1. The number of rotatable bonds is 10. The summed E-state index contributed by atoms with van der Waals surface area (Å²) in [5.74, 6) is -0.471. The number of urea groups is 1. The molecule has 5 rings (SSSR count). The Labute approximate surface area is 258 Å². The fraction of sp³-hybridized carbons (Fsp3) is 0.412. The molecule has 0 saturated carbocycles. The van der Waals surface area contributed by atoms with Crippen LogP contribution in [0.25, 0.3) is 0 Å². The van der Waals surface area contributed by atoms with Crippen LogP contribution in [0.15, 0.2) is 78.9 Å². The van der Waals surface area contributed by atoms with Crippen molar-refractivity contribution in [2.75, 3.05) is 45.3 Å². The summed E-state index contributed by atoms with van der Waals surface area (Å²) in [6.07, 6.45) is -0.738. The first kappa shape index (κ1) is 31.6. The number of amides is 2. The van der Waals surface area contributed by atoms with E-state index in [0.717, 1.165) is 41.9 Å². The molecule has 3 aromatic rings. The molecule has 2 fully saturated rings. The van der Waals surface area contributed by atoms with Crippen molar-refractivity contribution in [1.82, 2.24) is 10.2 Å². The predicted molar refractivity (Wildman–Crippen MR) is 165 cm³/mol. The molecule has 5 atom stereocenters. The number of carbonyl (C=O) groups excluding carboxylic acids is 2. The predicted octanol–water partition coefficient (Wildman–Crippen LogP) is 4.21. The minimum Gasteiger partial charge on any atom is -0.467 e. The van der Waals surface area contributed by atoms with Crippen molar-refractivity contribution in [2.24, 2.45) is 5.92 Å². The number of ether oxygens (including phenoxy) is 4. The number of hydrogen-bond donors (Lipinski definition) is 3. The van der Waals surface area contributed by atoms with Gasteiger partial charge in [0.15, 0.2) is 6.29 Å². The zero-order valence-electron chi connectivity index (χ0n) is 25.2. The van der Waals surface area contributed by atoms with E-state index in [4.69, 9.17) is 18.9 Å². The first-order valence-electron chi connectivity index (χ1n) is 15.0. The molecular weight excluding hydrogens is 562 g/mol. The van der Waals surface area contributed by atoms with Crippen molar-refractivity contribution in [3.63, 3.8) is 0 Å². The Bertz CT molecular complexity index is 1360. The largest absolute Gasteiger partial charge is 0.467 e. The second kappa shape index (κ2) is 15.3. The maximum absolute atomic E-state index is 13.0. The van der Waals surface area contributed by atoms with Gasteiger partial charge in [-0.1, -0.05) is 73.7 Å². The molecule has 2 aliphatic rings. The molecule has 0 aromatic heterocycles. The summed E-state index contributed by atoms with van der Waals surface area (Å²) in [6.45, 7) is 5.95. The van der Waals surface area contributed by atoms with Crippen LogP contribution in [0, 0.1) is 5.92 Å². The van der Waals surface area contributed by atoms with E-state index in [2.05, 4.69) is 22.5 Å². The molecule has 0 spiro atoms. The highest BCUT2D eigenvalue weighted by Crippen LogP contribution is 2.42. The van der Waals surface area contributed by atoms with Crippen molar-refractivity contribution in [2.45, 2.75) is 44.5 Å². The Morgan fingerprint density at radius 1 is 0.955 bits per heavy atom. The third-order valence-electron chi connectivity index (χ3n) is 8.16.